The van der Waals surface area contributed by atoms with Gasteiger partial charge < -0.3 is 5.11 Å². The Kier molecular flexibility index (Phi) is 5.56. The zero-order valence-corrected chi connectivity index (χ0v) is 9.17. The zero-order chi connectivity index (χ0) is 9.72. The summed E-state index contributed by atoms with van der Waals surface area (Å²) in [5.74, 6) is 2.20. The summed E-state index contributed by atoms with van der Waals surface area (Å²) in [6.07, 6.45) is 2.04. The van der Waals surface area contributed by atoms with Crippen molar-refractivity contribution >= 4 is 0 Å². The predicted molar refractivity (Wildman–Crippen MR) is 54.1 cm³/mol. The van der Waals surface area contributed by atoms with Crippen molar-refractivity contribution < 1.29 is 5.11 Å². The summed E-state index contributed by atoms with van der Waals surface area (Å²) in [6.45, 7) is 10.9. The van der Waals surface area contributed by atoms with Crippen LogP contribution < -0.4 is 0 Å². The molecule has 0 saturated heterocycles. The van der Waals surface area contributed by atoms with Crippen LogP contribution in [0, 0.1) is 17.8 Å². The molecule has 0 radical (unpaired) electrons. The lowest BCUT2D eigenvalue weighted by molar-refractivity contribution is 0.153. The normalized spacial score (nSPS) is 19.2. The molecule has 0 aliphatic heterocycles. The van der Waals surface area contributed by atoms with Crippen LogP contribution in [0.1, 0.15) is 47.5 Å². The Bertz CT molecular complexity index is 108. The summed E-state index contributed by atoms with van der Waals surface area (Å²) in [5, 5.41) is 9.17. The Morgan fingerprint density at radius 2 is 1.42 bits per heavy atom. The third kappa shape index (κ3) is 5.59. The Morgan fingerprint density at radius 3 is 1.75 bits per heavy atom. The molecule has 0 aliphatic carbocycles. The van der Waals surface area contributed by atoms with Crippen molar-refractivity contribution in [2.24, 2.45) is 17.8 Å². The van der Waals surface area contributed by atoms with Crippen molar-refractivity contribution in [2.45, 2.75) is 53.6 Å². The third-order valence-corrected chi connectivity index (χ3v) is 2.66. The highest BCUT2D eigenvalue weighted by Crippen LogP contribution is 2.22. The second kappa shape index (κ2) is 5.58. The second-order valence-electron chi connectivity index (χ2n) is 4.65. The first-order chi connectivity index (χ1) is 5.43. The Labute approximate surface area is 77.2 Å². The molecule has 0 saturated carbocycles. The van der Waals surface area contributed by atoms with Gasteiger partial charge in [-0.3, -0.25) is 0 Å². The molecule has 0 aromatic heterocycles. The lowest BCUT2D eigenvalue weighted by Gasteiger charge is -2.21. The van der Waals surface area contributed by atoms with Crippen molar-refractivity contribution in [3.05, 3.63) is 0 Å². The van der Waals surface area contributed by atoms with Crippen molar-refractivity contribution in [1.29, 1.82) is 0 Å². The molecule has 0 fully saturated rings. The maximum absolute atomic E-state index is 9.17. The maximum Gasteiger partial charge on any atom is 0.0514 e. The second-order valence-corrected chi connectivity index (χ2v) is 4.65. The van der Waals surface area contributed by atoms with Gasteiger partial charge in [-0.2, -0.15) is 0 Å². The van der Waals surface area contributed by atoms with Crippen LogP contribution in [-0.2, 0) is 0 Å². The number of aliphatic hydroxyl groups is 1. The highest BCUT2D eigenvalue weighted by molar-refractivity contribution is 4.64. The molecule has 0 spiro atoms. The van der Waals surface area contributed by atoms with Crippen LogP contribution in [0.2, 0.25) is 0 Å². The fraction of sp³-hybridized carbons (Fsp3) is 1.00. The van der Waals surface area contributed by atoms with E-state index in [0.717, 1.165) is 18.3 Å². The maximum atomic E-state index is 9.17. The van der Waals surface area contributed by atoms with E-state index in [9.17, 15) is 5.11 Å². The molecular weight excluding hydrogens is 148 g/mol. The van der Waals surface area contributed by atoms with Gasteiger partial charge in [-0.1, -0.05) is 27.7 Å². The van der Waals surface area contributed by atoms with E-state index in [2.05, 4.69) is 27.7 Å². The van der Waals surface area contributed by atoms with Crippen molar-refractivity contribution in [2.75, 3.05) is 0 Å². The van der Waals surface area contributed by atoms with E-state index in [0.29, 0.717) is 5.92 Å². The summed E-state index contributed by atoms with van der Waals surface area (Å²) in [4.78, 5) is 0. The zero-order valence-electron chi connectivity index (χ0n) is 9.17. The molecule has 74 valence electrons. The quantitative estimate of drug-likeness (QED) is 0.675. The predicted octanol–water partition coefficient (Wildman–Crippen LogP) is 3.08. The fourth-order valence-corrected chi connectivity index (χ4v) is 1.59. The third-order valence-electron chi connectivity index (χ3n) is 2.66. The van der Waals surface area contributed by atoms with Gasteiger partial charge in [0, 0.05) is 0 Å². The molecule has 0 aromatic rings. The van der Waals surface area contributed by atoms with Crippen LogP contribution in [0.5, 0.6) is 0 Å². The van der Waals surface area contributed by atoms with E-state index in [1.54, 1.807) is 0 Å². The van der Waals surface area contributed by atoms with E-state index in [4.69, 9.17) is 0 Å². The van der Waals surface area contributed by atoms with Crippen LogP contribution in [0.3, 0.4) is 0 Å². The monoisotopic (exact) mass is 172 g/mol. The molecule has 0 bridgehead atoms. The van der Waals surface area contributed by atoms with Crippen molar-refractivity contribution in [3.8, 4) is 0 Å². The topological polar surface area (TPSA) is 20.2 Å². The summed E-state index contributed by atoms with van der Waals surface area (Å²) in [6, 6.07) is 0. The van der Waals surface area contributed by atoms with Gasteiger partial charge in [0.2, 0.25) is 0 Å². The Morgan fingerprint density at radius 1 is 0.917 bits per heavy atom. The van der Waals surface area contributed by atoms with Crippen molar-refractivity contribution in [1.82, 2.24) is 0 Å². The molecule has 1 heteroatoms. The number of rotatable bonds is 5. The summed E-state index contributed by atoms with van der Waals surface area (Å²) in [7, 11) is 0. The van der Waals surface area contributed by atoms with Crippen molar-refractivity contribution in [3.63, 3.8) is 0 Å². The minimum Gasteiger partial charge on any atom is -0.393 e. The molecule has 0 rings (SSSR count). The average molecular weight is 172 g/mol. The number of aliphatic hydroxyl groups excluding tert-OH is 1. The smallest absolute Gasteiger partial charge is 0.0514 e. The number of hydrogen-bond acceptors (Lipinski definition) is 1. The highest BCUT2D eigenvalue weighted by Gasteiger charge is 2.13. The van der Waals surface area contributed by atoms with Gasteiger partial charge in [0.25, 0.3) is 0 Å². The number of hydrogen-bond donors (Lipinski definition) is 1. The van der Waals surface area contributed by atoms with Gasteiger partial charge in [-0.25, -0.2) is 0 Å². The van der Waals surface area contributed by atoms with E-state index < -0.39 is 0 Å². The van der Waals surface area contributed by atoms with Crippen LogP contribution in [-0.4, -0.2) is 11.2 Å². The van der Waals surface area contributed by atoms with Gasteiger partial charge in [0.05, 0.1) is 6.10 Å². The van der Waals surface area contributed by atoms with Gasteiger partial charge >= 0.3 is 0 Å². The summed E-state index contributed by atoms with van der Waals surface area (Å²) < 4.78 is 0. The molecule has 0 aliphatic rings. The van der Waals surface area contributed by atoms with Gasteiger partial charge in [0.1, 0.15) is 0 Å². The minimum atomic E-state index is -0.139. The molecule has 0 aromatic carbocycles. The van der Waals surface area contributed by atoms with Gasteiger partial charge in [-0.15, -0.1) is 0 Å². The first-order valence-corrected chi connectivity index (χ1v) is 5.11. The van der Waals surface area contributed by atoms with Gasteiger partial charge in [-0.05, 0) is 37.5 Å². The van der Waals surface area contributed by atoms with Crippen LogP contribution in [0.15, 0.2) is 0 Å². The Hall–Kier alpha value is -0.0400. The summed E-state index contributed by atoms with van der Waals surface area (Å²) >= 11 is 0. The van der Waals surface area contributed by atoms with Crippen LogP contribution in [0.4, 0.5) is 0 Å². The van der Waals surface area contributed by atoms with Crippen LogP contribution in [0.25, 0.3) is 0 Å². The SMILES string of the molecule is CC(O)CC(C)CC(C)C(C)C. The molecule has 1 N–H and O–H groups in total. The first kappa shape index (κ1) is 12.0. The lowest BCUT2D eigenvalue weighted by atomic mass is 9.86. The Balaban J connectivity index is 3.61. The standard InChI is InChI=1S/C11H24O/c1-8(2)10(4)6-9(3)7-11(5)12/h8-12H,6-7H2,1-5H3. The molecule has 0 heterocycles. The molecule has 0 amide bonds. The first-order valence-electron chi connectivity index (χ1n) is 5.11. The highest BCUT2D eigenvalue weighted by atomic mass is 16.3. The average Bonchev–Trinajstić information content (AvgIpc) is 1.84. The molecule has 3 unspecified atom stereocenters. The van der Waals surface area contributed by atoms with E-state index in [1.165, 1.54) is 6.42 Å². The fourth-order valence-electron chi connectivity index (χ4n) is 1.59. The lowest BCUT2D eigenvalue weighted by Crippen LogP contribution is -2.13. The van der Waals surface area contributed by atoms with E-state index in [1.807, 2.05) is 6.92 Å². The van der Waals surface area contributed by atoms with E-state index in [-0.39, 0.29) is 6.10 Å². The van der Waals surface area contributed by atoms with Crippen LogP contribution >= 0.6 is 0 Å². The molecular formula is C11H24O. The minimum absolute atomic E-state index is 0.139. The van der Waals surface area contributed by atoms with E-state index >= 15 is 0 Å². The molecule has 3 atom stereocenters. The molecule has 1 nitrogen and oxygen atoms in total. The molecule has 12 heavy (non-hydrogen) atoms. The summed E-state index contributed by atoms with van der Waals surface area (Å²) in [5.41, 5.74) is 0. The van der Waals surface area contributed by atoms with Gasteiger partial charge in [0.15, 0.2) is 0 Å². The largest absolute Gasteiger partial charge is 0.393 e.